The summed E-state index contributed by atoms with van der Waals surface area (Å²) < 4.78 is 5.03. The standard InChI is InChI=1S/C26H31ClN6O3/c1-15-2-5-17-6-9-21(33-23(17)22(15)27)31-19-7-3-16(4-8-19)10-28-26-29-11-18(12-30-26)24(34)25(35)32-20-13-36-14-20/h2,5-6,9,11-12,16,19-20,24,34H,3-4,7-8,10,13-14H2,1H3,(H,31,33)(H,32,35)(H,28,29,30)/t16?,19?,24-/m0/s1. The number of aromatic nitrogens is 3. The number of hydrogen-bond donors (Lipinski definition) is 4. The predicted octanol–water partition coefficient (Wildman–Crippen LogP) is 3.62. The Morgan fingerprint density at radius 1 is 1.11 bits per heavy atom. The molecule has 1 atom stereocenters. The number of aliphatic hydroxyl groups excluding tert-OH is 1. The van der Waals surface area contributed by atoms with Gasteiger partial charge in [0.25, 0.3) is 5.91 Å². The summed E-state index contributed by atoms with van der Waals surface area (Å²) >= 11 is 6.47. The van der Waals surface area contributed by atoms with E-state index < -0.39 is 12.0 Å². The van der Waals surface area contributed by atoms with Gasteiger partial charge in [0.05, 0.1) is 29.8 Å². The highest BCUT2D eigenvalue weighted by molar-refractivity contribution is 6.35. The third kappa shape index (κ3) is 5.69. The van der Waals surface area contributed by atoms with Crippen molar-refractivity contribution in [2.45, 2.75) is 50.8 Å². The van der Waals surface area contributed by atoms with Crippen molar-refractivity contribution in [3.8, 4) is 0 Å². The average molecular weight is 511 g/mol. The second kappa shape index (κ2) is 10.9. The third-order valence-electron chi connectivity index (χ3n) is 6.96. The van der Waals surface area contributed by atoms with Crippen molar-refractivity contribution >= 4 is 40.2 Å². The van der Waals surface area contributed by atoms with Gasteiger partial charge in [0.15, 0.2) is 6.10 Å². The Bertz CT molecular complexity index is 1210. The highest BCUT2D eigenvalue weighted by Crippen LogP contribution is 2.29. The molecule has 2 aliphatic rings. The molecule has 10 heteroatoms. The Morgan fingerprint density at radius 3 is 2.53 bits per heavy atom. The van der Waals surface area contributed by atoms with Gasteiger partial charge in [-0.05, 0) is 56.2 Å². The minimum Gasteiger partial charge on any atom is -0.378 e. The second-order valence-corrected chi connectivity index (χ2v) is 10.1. The Labute approximate surface area is 215 Å². The quantitative estimate of drug-likeness (QED) is 0.362. The topological polar surface area (TPSA) is 121 Å². The molecule has 1 aliphatic carbocycles. The van der Waals surface area contributed by atoms with Crippen molar-refractivity contribution in [3.05, 3.63) is 52.8 Å². The summed E-state index contributed by atoms with van der Waals surface area (Å²) in [5.74, 6) is 1.41. The van der Waals surface area contributed by atoms with Crippen LogP contribution in [0.3, 0.4) is 0 Å². The van der Waals surface area contributed by atoms with Gasteiger partial charge in [-0.3, -0.25) is 4.79 Å². The largest absolute Gasteiger partial charge is 0.378 e. The monoisotopic (exact) mass is 510 g/mol. The highest BCUT2D eigenvalue weighted by Gasteiger charge is 2.26. The molecule has 0 unspecified atom stereocenters. The number of anilines is 2. The molecule has 2 fully saturated rings. The maximum atomic E-state index is 12.1. The van der Waals surface area contributed by atoms with Crippen molar-refractivity contribution in [3.63, 3.8) is 0 Å². The lowest BCUT2D eigenvalue weighted by Crippen LogP contribution is -2.50. The first kappa shape index (κ1) is 24.7. The number of halogens is 1. The maximum absolute atomic E-state index is 12.1. The number of benzene rings is 1. The van der Waals surface area contributed by atoms with Gasteiger partial charge in [-0.15, -0.1) is 0 Å². The zero-order valence-electron chi connectivity index (χ0n) is 20.2. The summed E-state index contributed by atoms with van der Waals surface area (Å²) in [6.45, 7) is 3.72. The number of carbonyl (C=O) groups is 1. The van der Waals surface area contributed by atoms with Crippen LogP contribution in [0.4, 0.5) is 11.8 Å². The molecular formula is C26H31ClN6O3. The molecule has 3 heterocycles. The van der Waals surface area contributed by atoms with E-state index >= 15 is 0 Å². The van der Waals surface area contributed by atoms with Crippen LogP contribution in [-0.4, -0.2) is 57.8 Å². The van der Waals surface area contributed by atoms with E-state index in [2.05, 4.69) is 32.0 Å². The first-order valence-electron chi connectivity index (χ1n) is 12.4. The molecule has 1 amide bonds. The first-order chi connectivity index (χ1) is 17.5. The van der Waals surface area contributed by atoms with Crippen LogP contribution >= 0.6 is 11.6 Å². The minimum atomic E-state index is -1.29. The van der Waals surface area contributed by atoms with Crippen molar-refractivity contribution < 1.29 is 14.6 Å². The van der Waals surface area contributed by atoms with Gasteiger partial charge in [0.2, 0.25) is 5.95 Å². The van der Waals surface area contributed by atoms with Crippen LogP contribution in [0.2, 0.25) is 5.02 Å². The molecule has 190 valence electrons. The molecular weight excluding hydrogens is 480 g/mol. The third-order valence-corrected chi connectivity index (χ3v) is 7.44. The zero-order chi connectivity index (χ0) is 25.1. The number of hydrogen-bond acceptors (Lipinski definition) is 8. The van der Waals surface area contributed by atoms with E-state index in [1.165, 1.54) is 12.4 Å². The number of aliphatic hydroxyl groups is 1. The van der Waals surface area contributed by atoms with E-state index in [1.54, 1.807) is 0 Å². The summed E-state index contributed by atoms with van der Waals surface area (Å²) in [5.41, 5.74) is 2.23. The lowest BCUT2D eigenvalue weighted by atomic mass is 9.86. The zero-order valence-corrected chi connectivity index (χ0v) is 21.0. The van der Waals surface area contributed by atoms with Crippen molar-refractivity contribution in [2.24, 2.45) is 5.92 Å². The Hall–Kier alpha value is -3.01. The Morgan fingerprint density at radius 2 is 1.83 bits per heavy atom. The molecule has 2 aromatic heterocycles. The van der Waals surface area contributed by atoms with E-state index in [9.17, 15) is 9.90 Å². The summed E-state index contributed by atoms with van der Waals surface area (Å²) in [6.07, 6.45) is 5.96. The lowest BCUT2D eigenvalue weighted by molar-refractivity contribution is -0.133. The van der Waals surface area contributed by atoms with Crippen molar-refractivity contribution in [2.75, 3.05) is 30.4 Å². The molecule has 3 aromatic rings. The fourth-order valence-corrected chi connectivity index (χ4v) is 4.83. The minimum absolute atomic E-state index is 0.0362. The number of nitrogens with one attached hydrogen (secondary N) is 3. The lowest BCUT2D eigenvalue weighted by Gasteiger charge is -2.29. The van der Waals surface area contributed by atoms with Crippen LogP contribution < -0.4 is 16.0 Å². The van der Waals surface area contributed by atoms with Crippen molar-refractivity contribution in [1.82, 2.24) is 20.3 Å². The molecule has 0 bridgehead atoms. The molecule has 1 saturated carbocycles. The fraction of sp³-hybridized carbons (Fsp3) is 0.462. The summed E-state index contributed by atoms with van der Waals surface area (Å²) in [6, 6.07) is 8.49. The van der Waals surface area contributed by atoms with Crippen LogP contribution in [0.1, 0.15) is 42.9 Å². The normalized spacial score (nSPS) is 21.0. The van der Waals surface area contributed by atoms with Gasteiger partial charge in [0, 0.05) is 35.9 Å². The molecule has 36 heavy (non-hydrogen) atoms. The SMILES string of the molecule is Cc1ccc2ccc(NC3CCC(CNc4ncc([C@H](O)C(=O)NC5COC5)cn4)CC3)nc2c1Cl. The van der Waals surface area contributed by atoms with Gasteiger partial charge in [-0.25, -0.2) is 15.0 Å². The van der Waals surface area contributed by atoms with Gasteiger partial charge in [-0.1, -0.05) is 23.7 Å². The Balaban J connectivity index is 1.07. The molecule has 5 rings (SSSR count). The van der Waals surface area contributed by atoms with Gasteiger partial charge < -0.3 is 25.8 Å². The predicted molar refractivity (Wildman–Crippen MR) is 139 cm³/mol. The molecule has 1 aliphatic heterocycles. The number of nitrogens with zero attached hydrogens (tertiary/aromatic N) is 3. The smallest absolute Gasteiger partial charge is 0.253 e. The maximum Gasteiger partial charge on any atom is 0.253 e. The number of aryl methyl sites for hydroxylation is 1. The number of rotatable bonds is 8. The number of carbonyl (C=O) groups excluding carboxylic acids is 1. The molecule has 9 nitrogen and oxygen atoms in total. The van der Waals surface area contributed by atoms with E-state index in [0.717, 1.165) is 54.5 Å². The van der Waals surface area contributed by atoms with Crippen LogP contribution in [0.5, 0.6) is 0 Å². The summed E-state index contributed by atoms with van der Waals surface area (Å²) in [4.78, 5) is 25.4. The van der Waals surface area contributed by atoms with Gasteiger partial charge in [0.1, 0.15) is 5.82 Å². The van der Waals surface area contributed by atoms with E-state index in [-0.39, 0.29) is 6.04 Å². The van der Waals surface area contributed by atoms with Crippen LogP contribution in [0.25, 0.3) is 10.9 Å². The van der Waals surface area contributed by atoms with E-state index in [0.29, 0.717) is 41.7 Å². The number of ether oxygens (including phenoxy) is 1. The highest BCUT2D eigenvalue weighted by atomic mass is 35.5. The van der Waals surface area contributed by atoms with Crippen LogP contribution in [0, 0.1) is 12.8 Å². The number of amides is 1. The van der Waals surface area contributed by atoms with Crippen molar-refractivity contribution in [1.29, 1.82) is 0 Å². The summed E-state index contributed by atoms with van der Waals surface area (Å²) in [7, 11) is 0. The van der Waals surface area contributed by atoms with E-state index in [4.69, 9.17) is 21.3 Å². The molecule has 0 spiro atoms. The second-order valence-electron chi connectivity index (χ2n) is 9.69. The number of fused-ring (bicyclic) bond motifs is 1. The van der Waals surface area contributed by atoms with Gasteiger partial charge in [-0.2, -0.15) is 0 Å². The molecule has 1 aromatic carbocycles. The van der Waals surface area contributed by atoms with E-state index in [1.807, 2.05) is 25.1 Å². The number of pyridine rings is 1. The first-order valence-corrected chi connectivity index (χ1v) is 12.8. The van der Waals surface area contributed by atoms with Crippen LogP contribution in [-0.2, 0) is 9.53 Å². The average Bonchev–Trinajstić information content (AvgIpc) is 2.88. The Kier molecular flexibility index (Phi) is 7.50. The van der Waals surface area contributed by atoms with Crippen LogP contribution in [0.15, 0.2) is 36.7 Å². The molecule has 1 saturated heterocycles. The summed E-state index contributed by atoms with van der Waals surface area (Å²) in [5, 5.41) is 21.6. The molecule has 4 N–H and O–H groups in total. The van der Waals surface area contributed by atoms with Gasteiger partial charge >= 0.3 is 0 Å². The fourth-order valence-electron chi connectivity index (χ4n) is 4.61. The molecule has 0 radical (unpaired) electrons.